The van der Waals surface area contributed by atoms with Gasteiger partial charge in [-0.3, -0.25) is 0 Å². The van der Waals surface area contributed by atoms with Gasteiger partial charge in [0.1, 0.15) is 11.4 Å². The standard InChI is InChI=1S/C13H12FNO3/c1-2-5-18-12-10(13(16)17)7-8-6-9(14)3-4-11(8)15-12/h3-4,6-7H,2,5H2,1H3,(H,16,17). The Morgan fingerprint density at radius 1 is 1.44 bits per heavy atom. The van der Waals surface area contributed by atoms with Crippen molar-refractivity contribution in [2.45, 2.75) is 13.3 Å². The molecule has 1 aromatic heterocycles. The Balaban J connectivity index is 2.57. The fourth-order valence-corrected chi connectivity index (χ4v) is 1.59. The smallest absolute Gasteiger partial charge is 0.341 e. The number of rotatable bonds is 4. The molecule has 0 unspecified atom stereocenters. The molecule has 1 aromatic carbocycles. The Morgan fingerprint density at radius 3 is 2.89 bits per heavy atom. The molecule has 94 valence electrons. The molecule has 5 heteroatoms. The van der Waals surface area contributed by atoms with Crippen LogP contribution >= 0.6 is 0 Å². The van der Waals surface area contributed by atoms with Crippen molar-refractivity contribution in [1.29, 1.82) is 0 Å². The van der Waals surface area contributed by atoms with Gasteiger partial charge in [-0.2, -0.15) is 0 Å². The van der Waals surface area contributed by atoms with Gasteiger partial charge in [0.05, 0.1) is 12.1 Å². The third-order valence-electron chi connectivity index (χ3n) is 2.42. The van der Waals surface area contributed by atoms with Gasteiger partial charge in [-0.25, -0.2) is 14.2 Å². The van der Waals surface area contributed by atoms with Crippen LogP contribution < -0.4 is 4.74 Å². The van der Waals surface area contributed by atoms with Crippen LogP contribution in [0.15, 0.2) is 24.3 Å². The van der Waals surface area contributed by atoms with Gasteiger partial charge in [-0.15, -0.1) is 0 Å². The molecule has 0 radical (unpaired) electrons. The molecule has 1 heterocycles. The van der Waals surface area contributed by atoms with Gasteiger partial charge >= 0.3 is 5.97 Å². The van der Waals surface area contributed by atoms with E-state index in [9.17, 15) is 9.18 Å². The van der Waals surface area contributed by atoms with Crippen molar-refractivity contribution in [1.82, 2.24) is 4.98 Å². The first-order chi connectivity index (χ1) is 8.61. The van der Waals surface area contributed by atoms with Crippen molar-refractivity contribution >= 4 is 16.9 Å². The second-order valence-corrected chi connectivity index (χ2v) is 3.83. The van der Waals surface area contributed by atoms with E-state index in [-0.39, 0.29) is 11.4 Å². The van der Waals surface area contributed by atoms with Crippen LogP contribution in [0.5, 0.6) is 5.88 Å². The number of ether oxygens (including phenoxy) is 1. The van der Waals surface area contributed by atoms with Crippen molar-refractivity contribution < 1.29 is 19.0 Å². The molecule has 2 aromatic rings. The predicted molar refractivity (Wildman–Crippen MR) is 64.4 cm³/mol. The van der Waals surface area contributed by atoms with E-state index in [1.165, 1.54) is 24.3 Å². The summed E-state index contributed by atoms with van der Waals surface area (Å²) in [5.41, 5.74) is 0.453. The fourth-order valence-electron chi connectivity index (χ4n) is 1.59. The van der Waals surface area contributed by atoms with E-state index < -0.39 is 11.8 Å². The summed E-state index contributed by atoms with van der Waals surface area (Å²) in [6.07, 6.45) is 0.752. The fraction of sp³-hybridized carbons (Fsp3) is 0.231. The van der Waals surface area contributed by atoms with E-state index in [1.54, 1.807) is 0 Å². The number of hydrogen-bond acceptors (Lipinski definition) is 3. The summed E-state index contributed by atoms with van der Waals surface area (Å²) in [4.78, 5) is 15.2. The number of nitrogens with zero attached hydrogens (tertiary/aromatic N) is 1. The number of aromatic carboxylic acids is 1. The second-order valence-electron chi connectivity index (χ2n) is 3.83. The van der Waals surface area contributed by atoms with Crippen molar-refractivity contribution in [3.63, 3.8) is 0 Å². The highest BCUT2D eigenvalue weighted by Crippen LogP contribution is 2.23. The molecule has 4 nitrogen and oxygen atoms in total. The lowest BCUT2D eigenvalue weighted by atomic mass is 10.1. The number of fused-ring (bicyclic) bond motifs is 1. The van der Waals surface area contributed by atoms with Crippen LogP contribution in [0.4, 0.5) is 4.39 Å². The molecule has 0 spiro atoms. The van der Waals surface area contributed by atoms with Crippen LogP contribution in [0.2, 0.25) is 0 Å². The molecule has 0 aliphatic heterocycles. The van der Waals surface area contributed by atoms with Gasteiger partial charge < -0.3 is 9.84 Å². The highest BCUT2D eigenvalue weighted by atomic mass is 19.1. The monoisotopic (exact) mass is 249 g/mol. The number of carboxylic acids is 1. The van der Waals surface area contributed by atoms with Gasteiger partial charge in [-0.05, 0) is 30.7 Å². The first-order valence-corrected chi connectivity index (χ1v) is 5.58. The zero-order valence-electron chi connectivity index (χ0n) is 9.81. The number of aromatic nitrogens is 1. The molecule has 1 N–H and O–H groups in total. The van der Waals surface area contributed by atoms with Gasteiger partial charge in [0.25, 0.3) is 0 Å². The minimum absolute atomic E-state index is 0.0541. The van der Waals surface area contributed by atoms with Gasteiger partial charge in [0.15, 0.2) is 0 Å². The van der Waals surface area contributed by atoms with Crippen LogP contribution in [0.25, 0.3) is 10.9 Å². The van der Waals surface area contributed by atoms with E-state index in [4.69, 9.17) is 9.84 Å². The molecular formula is C13H12FNO3. The van der Waals surface area contributed by atoms with E-state index in [2.05, 4.69) is 4.98 Å². The third-order valence-corrected chi connectivity index (χ3v) is 2.42. The molecular weight excluding hydrogens is 237 g/mol. The molecule has 0 saturated heterocycles. The summed E-state index contributed by atoms with van der Waals surface area (Å²) in [5.74, 6) is -1.49. The lowest BCUT2D eigenvalue weighted by Gasteiger charge is -2.08. The number of benzene rings is 1. The first kappa shape index (κ1) is 12.3. The summed E-state index contributed by atoms with van der Waals surface area (Å²) < 4.78 is 18.4. The zero-order valence-corrected chi connectivity index (χ0v) is 9.81. The third kappa shape index (κ3) is 2.40. The number of carbonyl (C=O) groups is 1. The summed E-state index contributed by atoms with van der Waals surface area (Å²) in [6.45, 7) is 2.30. The molecule has 18 heavy (non-hydrogen) atoms. The van der Waals surface area contributed by atoms with Gasteiger partial charge in [0, 0.05) is 5.39 Å². The van der Waals surface area contributed by atoms with Gasteiger partial charge in [-0.1, -0.05) is 6.92 Å². The molecule has 2 rings (SSSR count). The SMILES string of the molecule is CCCOc1nc2ccc(F)cc2cc1C(=O)O. The Morgan fingerprint density at radius 2 is 2.22 bits per heavy atom. The maximum absolute atomic E-state index is 13.1. The quantitative estimate of drug-likeness (QED) is 0.905. The maximum atomic E-state index is 13.1. The summed E-state index contributed by atoms with van der Waals surface area (Å²) in [6, 6.07) is 5.39. The maximum Gasteiger partial charge on any atom is 0.341 e. The predicted octanol–water partition coefficient (Wildman–Crippen LogP) is 2.86. The summed E-state index contributed by atoms with van der Waals surface area (Å²) in [7, 11) is 0. The number of halogens is 1. The molecule has 0 aliphatic rings. The molecule has 0 fully saturated rings. The number of hydrogen-bond donors (Lipinski definition) is 1. The van der Waals surface area contributed by atoms with Crippen LogP contribution in [-0.2, 0) is 0 Å². The lowest BCUT2D eigenvalue weighted by molar-refractivity contribution is 0.0691. The molecule has 0 aliphatic carbocycles. The van der Waals surface area contributed by atoms with Crippen molar-refractivity contribution in [3.05, 3.63) is 35.6 Å². The zero-order chi connectivity index (χ0) is 13.1. The number of carboxylic acid groups (broad SMARTS) is 1. The largest absolute Gasteiger partial charge is 0.477 e. The Labute approximate surface area is 103 Å². The Kier molecular flexibility index (Phi) is 3.41. The second kappa shape index (κ2) is 5.00. The topological polar surface area (TPSA) is 59.4 Å². The lowest BCUT2D eigenvalue weighted by Crippen LogP contribution is -2.06. The van der Waals surface area contributed by atoms with Crippen LogP contribution in [-0.4, -0.2) is 22.7 Å². The highest BCUT2D eigenvalue weighted by molar-refractivity contribution is 5.95. The van der Waals surface area contributed by atoms with E-state index >= 15 is 0 Å². The summed E-state index contributed by atoms with van der Waals surface area (Å²) in [5, 5.41) is 9.52. The Bertz CT molecular complexity index is 598. The van der Waals surface area contributed by atoms with Crippen LogP contribution in [0.3, 0.4) is 0 Å². The number of pyridine rings is 1. The minimum Gasteiger partial charge on any atom is -0.477 e. The Hall–Kier alpha value is -2.17. The molecule has 0 atom stereocenters. The normalized spacial score (nSPS) is 10.6. The van der Waals surface area contributed by atoms with Gasteiger partial charge in [0.2, 0.25) is 5.88 Å². The molecule has 0 amide bonds. The van der Waals surface area contributed by atoms with E-state index in [1.807, 2.05) is 6.92 Å². The average molecular weight is 249 g/mol. The highest BCUT2D eigenvalue weighted by Gasteiger charge is 2.14. The molecule has 0 saturated carbocycles. The van der Waals surface area contributed by atoms with E-state index in [0.717, 1.165) is 6.42 Å². The molecule has 0 bridgehead atoms. The van der Waals surface area contributed by atoms with Crippen molar-refractivity contribution in [2.24, 2.45) is 0 Å². The summed E-state index contributed by atoms with van der Waals surface area (Å²) >= 11 is 0. The average Bonchev–Trinajstić information content (AvgIpc) is 2.35. The van der Waals surface area contributed by atoms with Crippen LogP contribution in [0.1, 0.15) is 23.7 Å². The van der Waals surface area contributed by atoms with E-state index in [0.29, 0.717) is 17.5 Å². The first-order valence-electron chi connectivity index (χ1n) is 5.58. The minimum atomic E-state index is -1.14. The van der Waals surface area contributed by atoms with Crippen molar-refractivity contribution in [3.8, 4) is 5.88 Å². The van der Waals surface area contributed by atoms with Crippen molar-refractivity contribution in [2.75, 3.05) is 6.61 Å². The van der Waals surface area contributed by atoms with Crippen LogP contribution in [0, 0.1) is 5.82 Å².